The van der Waals surface area contributed by atoms with Crippen LogP contribution in [0.5, 0.6) is 5.88 Å². The van der Waals surface area contributed by atoms with E-state index in [1.165, 1.54) is 33.9 Å². The minimum Gasteiger partial charge on any atom is -0.545 e. The first kappa shape index (κ1) is 21.2. The Balaban J connectivity index is 1.95. The number of ether oxygens (including phenoxy) is 1. The number of hydrogen-bond acceptors (Lipinski definition) is 7. The van der Waals surface area contributed by atoms with Gasteiger partial charge in [-0.15, -0.1) is 0 Å². The lowest BCUT2D eigenvalue weighted by Gasteiger charge is -2.24. The van der Waals surface area contributed by atoms with Gasteiger partial charge < -0.3 is 24.6 Å². The summed E-state index contributed by atoms with van der Waals surface area (Å²) in [5.41, 5.74) is 0.258. The van der Waals surface area contributed by atoms with Crippen molar-refractivity contribution in [1.82, 2.24) is 4.57 Å². The number of aromatic nitrogens is 1. The lowest BCUT2D eigenvalue weighted by molar-refractivity contribution is -0.908. The van der Waals surface area contributed by atoms with Crippen molar-refractivity contribution in [3.63, 3.8) is 0 Å². The van der Waals surface area contributed by atoms with Gasteiger partial charge in [-0.05, 0) is 30.2 Å². The van der Waals surface area contributed by atoms with Crippen molar-refractivity contribution in [2.45, 2.75) is 13.5 Å². The number of carboxylic acid groups (broad SMARTS) is 1. The molecule has 0 bridgehead atoms. The standard InChI is InChI=1S/C21H22N4O5/c1-14-17(12-22)19(26)25(6-5-24-7-9-30-10-8-24)20(27)18(14)13-23-16-4-2-3-15(11-16)21(28)29/h2-4,11,13,27H,5-10H2,1H3,(H,28,29). The second kappa shape index (κ2) is 9.35. The number of aliphatic imine (C=N–C) groups is 1. The van der Waals surface area contributed by atoms with Crippen molar-refractivity contribution < 1.29 is 24.6 Å². The van der Waals surface area contributed by atoms with Crippen molar-refractivity contribution in [2.24, 2.45) is 4.99 Å². The molecule has 156 valence electrons. The summed E-state index contributed by atoms with van der Waals surface area (Å²) in [6, 6.07) is 7.76. The molecule has 30 heavy (non-hydrogen) atoms. The zero-order valence-electron chi connectivity index (χ0n) is 16.6. The molecule has 0 aliphatic carbocycles. The van der Waals surface area contributed by atoms with Gasteiger partial charge >= 0.3 is 0 Å². The van der Waals surface area contributed by atoms with E-state index in [1.54, 1.807) is 13.0 Å². The molecule has 1 aromatic heterocycles. The summed E-state index contributed by atoms with van der Waals surface area (Å²) in [6.07, 6.45) is 1.33. The Labute approximate surface area is 173 Å². The van der Waals surface area contributed by atoms with E-state index >= 15 is 0 Å². The maximum absolute atomic E-state index is 12.7. The smallest absolute Gasteiger partial charge is 0.271 e. The molecule has 1 aliphatic rings. The molecule has 9 nitrogen and oxygen atoms in total. The molecule has 9 heteroatoms. The highest BCUT2D eigenvalue weighted by atomic mass is 16.5. The van der Waals surface area contributed by atoms with E-state index < -0.39 is 11.5 Å². The number of carbonyl (C=O) groups excluding carboxylic acids is 1. The number of hydrogen-bond donors (Lipinski definition) is 2. The summed E-state index contributed by atoms with van der Waals surface area (Å²) in [5, 5.41) is 31.2. The number of nitrogens with one attached hydrogen (secondary N) is 1. The van der Waals surface area contributed by atoms with Gasteiger partial charge in [-0.3, -0.25) is 14.4 Å². The Morgan fingerprint density at radius 1 is 1.43 bits per heavy atom. The van der Waals surface area contributed by atoms with Crippen LogP contribution in [0, 0.1) is 18.3 Å². The lowest BCUT2D eigenvalue weighted by atomic mass is 10.1. The van der Waals surface area contributed by atoms with Crippen LogP contribution in [0.4, 0.5) is 5.69 Å². The van der Waals surface area contributed by atoms with Crippen LogP contribution in [0.1, 0.15) is 27.0 Å². The fourth-order valence-electron chi connectivity index (χ4n) is 3.37. The van der Waals surface area contributed by atoms with E-state index in [2.05, 4.69) is 4.99 Å². The van der Waals surface area contributed by atoms with Gasteiger partial charge in [0.2, 0.25) is 5.88 Å². The highest BCUT2D eigenvalue weighted by Gasteiger charge is 2.20. The van der Waals surface area contributed by atoms with E-state index in [9.17, 15) is 25.1 Å². The van der Waals surface area contributed by atoms with Gasteiger partial charge in [-0.2, -0.15) is 5.26 Å². The third-order valence-electron chi connectivity index (χ3n) is 5.16. The number of benzene rings is 1. The Morgan fingerprint density at radius 3 is 2.83 bits per heavy atom. The van der Waals surface area contributed by atoms with E-state index in [-0.39, 0.29) is 29.1 Å². The molecule has 1 fully saturated rings. The predicted molar refractivity (Wildman–Crippen MR) is 106 cm³/mol. The number of rotatable bonds is 6. The van der Waals surface area contributed by atoms with Crippen LogP contribution in [0.3, 0.4) is 0 Å². The molecule has 0 radical (unpaired) electrons. The van der Waals surface area contributed by atoms with Crippen molar-refractivity contribution in [3.8, 4) is 11.9 Å². The summed E-state index contributed by atoms with van der Waals surface area (Å²) >= 11 is 0. The number of aromatic hydroxyl groups is 1. The van der Waals surface area contributed by atoms with Crippen molar-refractivity contribution in [3.05, 3.63) is 56.9 Å². The average Bonchev–Trinajstić information content (AvgIpc) is 2.75. The van der Waals surface area contributed by atoms with E-state index in [0.29, 0.717) is 31.0 Å². The fraction of sp³-hybridized carbons (Fsp3) is 0.333. The first-order valence-electron chi connectivity index (χ1n) is 9.55. The molecule has 2 aromatic rings. The summed E-state index contributed by atoms with van der Waals surface area (Å²) in [4.78, 5) is 29.2. The maximum Gasteiger partial charge on any atom is 0.271 e. The molecular formula is C21H22N4O5. The van der Waals surface area contributed by atoms with Gasteiger partial charge in [-0.1, -0.05) is 12.1 Å². The highest BCUT2D eigenvalue weighted by molar-refractivity contribution is 5.89. The summed E-state index contributed by atoms with van der Waals surface area (Å²) in [5.74, 6) is -1.60. The van der Waals surface area contributed by atoms with Crippen LogP contribution in [0.25, 0.3) is 0 Å². The fourth-order valence-corrected chi connectivity index (χ4v) is 3.37. The number of carboxylic acids is 1. The number of nitrogens with zero attached hydrogens (tertiary/aromatic N) is 3. The largest absolute Gasteiger partial charge is 0.545 e. The lowest BCUT2D eigenvalue weighted by Crippen LogP contribution is -3.14. The Kier molecular flexibility index (Phi) is 6.61. The van der Waals surface area contributed by atoms with Gasteiger partial charge in [0.15, 0.2) is 0 Å². The van der Waals surface area contributed by atoms with Gasteiger partial charge in [0, 0.05) is 6.21 Å². The molecule has 0 spiro atoms. The Morgan fingerprint density at radius 2 is 2.17 bits per heavy atom. The zero-order chi connectivity index (χ0) is 21.7. The van der Waals surface area contributed by atoms with Gasteiger partial charge in [-0.25, -0.2) is 0 Å². The molecule has 2 N–H and O–H groups in total. The maximum atomic E-state index is 12.7. The molecule has 0 amide bonds. The Bertz CT molecular complexity index is 1080. The molecular weight excluding hydrogens is 388 g/mol. The molecule has 1 aromatic carbocycles. The minimum absolute atomic E-state index is 0.0261. The summed E-state index contributed by atoms with van der Waals surface area (Å²) < 4.78 is 6.52. The Hall–Kier alpha value is -3.48. The summed E-state index contributed by atoms with van der Waals surface area (Å²) in [6.45, 7) is 5.35. The van der Waals surface area contributed by atoms with E-state index in [1.807, 2.05) is 6.07 Å². The minimum atomic E-state index is -1.32. The van der Waals surface area contributed by atoms with Crippen LogP contribution in [-0.4, -0.2) is 54.7 Å². The first-order chi connectivity index (χ1) is 14.4. The quantitative estimate of drug-likeness (QED) is 0.573. The molecule has 0 unspecified atom stereocenters. The van der Waals surface area contributed by atoms with Gasteiger partial charge in [0.25, 0.3) is 5.56 Å². The van der Waals surface area contributed by atoms with Crippen LogP contribution in [-0.2, 0) is 11.3 Å². The van der Waals surface area contributed by atoms with Crippen LogP contribution in [0.15, 0.2) is 34.1 Å². The van der Waals surface area contributed by atoms with Crippen LogP contribution in [0.2, 0.25) is 0 Å². The molecule has 1 aliphatic heterocycles. The predicted octanol–water partition coefficient (Wildman–Crippen LogP) is -1.24. The van der Waals surface area contributed by atoms with Gasteiger partial charge in [0.05, 0.1) is 43.5 Å². The third kappa shape index (κ3) is 4.56. The molecule has 3 rings (SSSR count). The average molecular weight is 410 g/mol. The van der Waals surface area contributed by atoms with Crippen molar-refractivity contribution in [1.29, 1.82) is 5.26 Å². The molecule has 0 saturated carbocycles. The van der Waals surface area contributed by atoms with E-state index in [4.69, 9.17) is 4.74 Å². The monoisotopic (exact) mass is 410 g/mol. The first-order valence-corrected chi connectivity index (χ1v) is 9.55. The molecule has 0 atom stereocenters. The second-order valence-corrected chi connectivity index (χ2v) is 7.01. The SMILES string of the molecule is Cc1c(C=Nc2cccc(C(=O)[O-])c2)c(O)n(CC[NH+]2CCOCC2)c(=O)c1C#N. The summed E-state index contributed by atoms with van der Waals surface area (Å²) in [7, 11) is 0. The normalized spacial score (nSPS) is 14.7. The van der Waals surface area contributed by atoms with Crippen LogP contribution >= 0.6 is 0 Å². The topological polar surface area (TPSA) is 132 Å². The highest BCUT2D eigenvalue weighted by Crippen LogP contribution is 2.21. The van der Waals surface area contributed by atoms with Crippen molar-refractivity contribution >= 4 is 17.9 Å². The molecule has 1 saturated heterocycles. The van der Waals surface area contributed by atoms with Crippen LogP contribution < -0.4 is 15.6 Å². The zero-order valence-corrected chi connectivity index (χ0v) is 16.6. The second-order valence-electron chi connectivity index (χ2n) is 7.01. The molecule has 2 heterocycles. The number of quaternary nitrogens is 1. The van der Waals surface area contributed by atoms with Gasteiger partial charge in [0.1, 0.15) is 24.7 Å². The number of nitriles is 1. The number of morpholine rings is 1. The van der Waals surface area contributed by atoms with E-state index in [0.717, 1.165) is 13.1 Å². The number of carbonyl (C=O) groups is 1. The number of aromatic carboxylic acids is 1. The number of pyridine rings is 1. The van der Waals surface area contributed by atoms with Crippen molar-refractivity contribution in [2.75, 3.05) is 32.8 Å². The third-order valence-corrected chi connectivity index (χ3v) is 5.16.